The molecular formula is C9H10F3NO. The highest BCUT2D eigenvalue weighted by Crippen LogP contribution is 2.23. The fourth-order valence-electron chi connectivity index (χ4n) is 1.06. The van der Waals surface area contributed by atoms with Crippen LogP contribution in [-0.4, -0.2) is 11.7 Å². The fourth-order valence-corrected chi connectivity index (χ4v) is 1.06. The third-order valence-electron chi connectivity index (χ3n) is 1.94. The number of hydrogen-bond acceptors (Lipinski definition) is 2. The molecule has 0 fully saturated rings. The van der Waals surface area contributed by atoms with E-state index in [4.69, 9.17) is 10.8 Å². The van der Waals surface area contributed by atoms with E-state index in [1.165, 1.54) is 6.92 Å². The normalized spacial score (nSPS) is 15.3. The molecule has 0 aromatic heterocycles. The Morgan fingerprint density at radius 1 is 1.36 bits per heavy atom. The van der Waals surface area contributed by atoms with Crippen LogP contribution in [-0.2, 0) is 5.54 Å². The Bertz CT molecular complexity index is 352. The molecule has 0 radical (unpaired) electrons. The highest BCUT2D eigenvalue weighted by molar-refractivity contribution is 5.27. The average Bonchev–Trinajstić information content (AvgIpc) is 2.11. The fraction of sp³-hybridized carbons (Fsp3) is 0.333. The molecule has 0 bridgehead atoms. The van der Waals surface area contributed by atoms with Crippen LogP contribution in [0.1, 0.15) is 12.5 Å². The Balaban J connectivity index is 3.34. The van der Waals surface area contributed by atoms with Gasteiger partial charge in [0.05, 0.1) is 12.1 Å². The monoisotopic (exact) mass is 205 g/mol. The zero-order chi connectivity index (χ0) is 10.9. The van der Waals surface area contributed by atoms with Crippen molar-refractivity contribution in [1.29, 1.82) is 0 Å². The number of hydrogen-bond donors (Lipinski definition) is 2. The maximum Gasteiger partial charge on any atom is 0.164 e. The van der Waals surface area contributed by atoms with Gasteiger partial charge in [-0.05, 0) is 13.0 Å². The van der Waals surface area contributed by atoms with Crippen molar-refractivity contribution < 1.29 is 18.3 Å². The average molecular weight is 205 g/mol. The van der Waals surface area contributed by atoms with Gasteiger partial charge in [-0.15, -0.1) is 0 Å². The first-order valence-electron chi connectivity index (χ1n) is 3.93. The van der Waals surface area contributed by atoms with Crippen LogP contribution in [0.2, 0.25) is 0 Å². The summed E-state index contributed by atoms with van der Waals surface area (Å²) in [5.74, 6) is -3.47. The minimum atomic E-state index is -1.49. The summed E-state index contributed by atoms with van der Waals surface area (Å²) >= 11 is 0. The summed E-state index contributed by atoms with van der Waals surface area (Å²) in [7, 11) is 0. The van der Waals surface area contributed by atoms with Crippen molar-refractivity contribution >= 4 is 0 Å². The van der Waals surface area contributed by atoms with Crippen molar-refractivity contribution in [3.05, 3.63) is 35.1 Å². The zero-order valence-electron chi connectivity index (χ0n) is 7.52. The Kier molecular flexibility index (Phi) is 2.82. The molecular weight excluding hydrogens is 195 g/mol. The number of halogens is 3. The molecule has 1 atom stereocenters. The molecule has 0 heterocycles. The number of aliphatic hydroxyl groups is 1. The summed E-state index contributed by atoms with van der Waals surface area (Å²) in [4.78, 5) is 0. The number of nitrogens with two attached hydrogens (primary N) is 1. The first-order valence-corrected chi connectivity index (χ1v) is 3.93. The van der Waals surface area contributed by atoms with E-state index in [2.05, 4.69) is 0 Å². The predicted octanol–water partition coefficient (Wildman–Crippen LogP) is 1.27. The van der Waals surface area contributed by atoms with E-state index in [9.17, 15) is 13.2 Å². The Labute approximate surface area is 79.2 Å². The second-order valence-corrected chi connectivity index (χ2v) is 3.32. The molecule has 0 aliphatic heterocycles. The molecule has 2 nitrogen and oxygen atoms in total. The highest BCUT2D eigenvalue weighted by atomic mass is 19.2. The van der Waals surface area contributed by atoms with Crippen molar-refractivity contribution in [3.63, 3.8) is 0 Å². The lowest BCUT2D eigenvalue weighted by molar-refractivity contribution is 0.205. The molecule has 1 aromatic rings. The summed E-state index contributed by atoms with van der Waals surface area (Å²) < 4.78 is 38.6. The van der Waals surface area contributed by atoms with Gasteiger partial charge in [-0.2, -0.15) is 0 Å². The van der Waals surface area contributed by atoms with Crippen LogP contribution < -0.4 is 5.73 Å². The molecule has 3 N–H and O–H groups in total. The molecule has 0 spiro atoms. The van der Waals surface area contributed by atoms with Crippen LogP contribution in [0.4, 0.5) is 13.2 Å². The van der Waals surface area contributed by atoms with Gasteiger partial charge >= 0.3 is 0 Å². The number of rotatable bonds is 2. The summed E-state index contributed by atoms with van der Waals surface area (Å²) in [5, 5.41) is 8.82. The lowest BCUT2D eigenvalue weighted by atomic mass is 9.93. The van der Waals surface area contributed by atoms with E-state index in [0.717, 1.165) is 6.07 Å². The topological polar surface area (TPSA) is 46.2 Å². The van der Waals surface area contributed by atoms with Crippen molar-refractivity contribution in [2.75, 3.05) is 6.61 Å². The molecule has 0 unspecified atom stereocenters. The van der Waals surface area contributed by atoms with Gasteiger partial charge in [0.1, 0.15) is 5.82 Å². The highest BCUT2D eigenvalue weighted by Gasteiger charge is 2.26. The van der Waals surface area contributed by atoms with Gasteiger partial charge in [0.2, 0.25) is 0 Å². The molecule has 0 amide bonds. The van der Waals surface area contributed by atoms with E-state index in [1.807, 2.05) is 0 Å². The second-order valence-electron chi connectivity index (χ2n) is 3.32. The van der Waals surface area contributed by atoms with Crippen LogP contribution in [0.3, 0.4) is 0 Å². The molecule has 1 aromatic carbocycles. The standard InChI is InChI=1S/C9H10F3NO/c1-9(13,4-14)6-2-5(10)3-7(11)8(6)12/h2-3,14H,4,13H2,1H3/t9-/m1/s1. The lowest BCUT2D eigenvalue weighted by Crippen LogP contribution is -2.38. The molecule has 1 rings (SSSR count). The van der Waals surface area contributed by atoms with Gasteiger partial charge in [-0.25, -0.2) is 13.2 Å². The molecule has 0 aliphatic rings. The van der Waals surface area contributed by atoms with Crippen molar-refractivity contribution in [2.24, 2.45) is 5.73 Å². The van der Waals surface area contributed by atoms with Gasteiger partial charge in [0, 0.05) is 11.6 Å². The Hall–Kier alpha value is -1.07. The third kappa shape index (κ3) is 1.88. The van der Waals surface area contributed by atoms with Gasteiger partial charge in [0.25, 0.3) is 0 Å². The van der Waals surface area contributed by atoms with Gasteiger partial charge in [0.15, 0.2) is 11.6 Å². The van der Waals surface area contributed by atoms with Crippen molar-refractivity contribution in [2.45, 2.75) is 12.5 Å². The van der Waals surface area contributed by atoms with E-state index in [-0.39, 0.29) is 5.56 Å². The minimum absolute atomic E-state index is 0.377. The van der Waals surface area contributed by atoms with Crippen molar-refractivity contribution in [3.8, 4) is 0 Å². The summed E-state index contributed by atoms with van der Waals surface area (Å²) in [6, 6.07) is 1.20. The lowest BCUT2D eigenvalue weighted by Gasteiger charge is -2.22. The van der Waals surface area contributed by atoms with E-state index < -0.39 is 29.6 Å². The van der Waals surface area contributed by atoms with E-state index >= 15 is 0 Å². The van der Waals surface area contributed by atoms with E-state index in [1.54, 1.807) is 0 Å². The van der Waals surface area contributed by atoms with E-state index in [0.29, 0.717) is 6.07 Å². The third-order valence-corrected chi connectivity index (χ3v) is 1.94. The van der Waals surface area contributed by atoms with Crippen LogP contribution in [0.5, 0.6) is 0 Å². The zero-order valence-corrected chi connectivity index (χ0v) is 7.52. The quantitative estimate of drug-likeness (QED) is 0.714. The van der Waals surface area contributed by atoms with Crippen molar-refractivity contribution in [1.82, 2.24) is 0 Å². The Morgan fingerprint density at radius 3 is 2.43 bits per heavy atom. The SMILES string of the molecule is C[C@@](N)(CO)c1cc(F)cc(F)c1F. The summed E-state index contributed by atoms with van der Waals surface area (Å²) in [6.45, 7) is 0.678. The molecule has 0 saturated carbocycles. The smallest absolute Gasteiger partial charge is 0.164 e. The minimum Gasteiger partial charge on any atom is -0.394 e. The van der Waals surface area contributed by atoms with Gasteiger partial charge in [-0.1, -0.05) is 0 Å². The van der Waals surface area contributed by atoms with Crippen LogP contribution >= 0.6 is 0 Å². The molecule has 14 heavy (non-hydrogen) atoms. The first-order chi connectivity index (χ1) is 6.38. The van der Waals surface area contributed by atoms with Crippen LogP contribution in [0.15, 0.2) is 12.1 Å². The maximum atomic E-state index is 13.1. The predicted molar refractivity (Wildman–Crippen MR) is 44.9 cm³/mol. The summed E-state index contributed by atoms with van der Waals surface area (Å²) in [6.07, 6.45) is 0. The number of aliphatic hydroxyl groups excluding tert-OH is 1. The largest absolute Gasteiger partial charge is 0.394 e. The first kappa shape index (κ1) is 11.0. The molecule has 0 aliphatic carbocycles. The van der Waals surface area contributed by atoms with Gasteiger partial charge < -0.3 is 10.8 Å². The number of benzene rings is 1. The molecule has 0 saturated heterocycles. The van der Waals surface area contributed by atoms with Gasteiger partial charge in [-0.3, -0.25) is 0 Å². The molecule has 78 valence electrons. The second kappa shape index (κ2) is 3.59. The Morgan fingerprint density at radius 2 is 1.93 bits per heavy atom. The molecule has 5 heteroatoms. The summed E-state index contributed by atoms with van der Waals surface area (Å²) in [5.41, 5.74) is 3.58. The van der Waals surface area contributed by atoms with Crippen LogP contribution in [0.25, 0.3) is 0 Å². The van der Waals surface area contributed by atoms with Crippen LogP contribution in [0, 0.1) is 17.5 Å². The maximum absolute atomic E-state index is 13.1.